The summed E-state index contributed by atoms with van der Waals surface area (Å²) in [5.74, 6) is 0.671. The Morgan fingerprint density at radius 2 is 1.83 bits per heavy atom. The van der Waals surface area contributed by atoms with E-state index in [0.717, 1.165) is 6.42 Å². The third-order valence-electron chi connectivity index (χ3n) is 3.42. The highest BCUT2D eigenvalue weighted by atomic mass is 16.5. The van der Waals surface area contributed by atoms with Crippen LogP contribution in [0.15, 0.2) is 0 Å². The van der Waals surface area contributed by atoms with Crippen LogP contribution in [-0.2, 0) is 0 Å². The van der Waals surface area contributed by atoms with E-state index >= 15 is 0 Å². The maximum Gasteiger partial charge on any atom is 0.0863 e. The fourth-order valence-electron chi connectivity index (χ4n) is 2.55. The molecule has 0 aromatic rings. The van der Waals surface area contributed by atoms with Crippen LogP contribution in [0.1, 0.15) is 47.5 Å². The normalized spacial score (nSPS) is 34.0. The lowest BCUT2D eigenvalue weighted by molar-refractivity contribution is -0.196. The lowest BCUT2D eigenvalue weighted by Crippen LogP contribution is -2.47. The Kier molecular flexibility index (Phi) is 2.26. The van der Waals surface area contributed by atoms with E-state index in [2.05, 4.69) is 34.6 Å². The maximum absolute atomic E-state index is 8.00. The number of hydrogen-bond donors (Lipinski definition) is 0. The molecule has 1 fully saturated rings. The zero-order chi connectivity index (χ0) is 9.57. The van der Waals surface area contributed by atoms with Crippen LogP contribution in [0.25, 0.3) is 0 Å². The van der Waals surface area contributed by atoms with Crippen LogP contribution in [0.4, 0.5) is 0 Å². The van der Waals surface area contributed by atoms with Crippen molar-refractivity contribution in [3.8, 4) is 0 Å². The van der Waals surface area contributed by atoms with Crippen molar-refractivity contribution in [1.29, 1.82) is 0 Å². The second kappa shape index (κ2) is 2.71. The predicted octanol–water partition coefficient (Wildman–Crippen LogP) is 1.92. The van der Waals surface area contributed by atoms with Crippen LogP contribution in [0.3, 0.4) is 0 Å². The fraction of sp³-hybridized carbons (Fsp3) is 1.00. The number of rotatable bonds is 1. The van der Waals surface area contributed by atoms with Gasteiger partial charge in [0.2, 0.25) is 0 Å². The largest absolute Gasteiger partial charge is 0.338 e. The Morgan fingerprint density at radius 3 is 2.00 bits per heavy atom. The van der Waals surface area contributed by atoms with Gasteiger partial charge in [0.05, 0.1) is 11.1 Å². The lowest BCUT2D eigenvalue weighted by atomic mass is 9.85. The molecule has 0 saturated carbocycles. The zero-order valence-corrected chi connectivity index (χ0v) is 8.94. The van der Waals surface area contributed by atoms with Crippen molar-refractivity contribution in [3.63, 3.8) is 0 Å². The van der Waals surface area contributed by atoms with E-state index in [1.54, 1.807) is 5.06 Å². The molecule has 0 radical (unpaired) electrons. The van der Waals surface area contributed by atoms with Gasteiger partial charge in [0, 0.05) is 0 Å². The fourth-order valence-corrected chi connectivity index (χ4v) is 2.55. The van der Waals surface area contributed by atoms with Crippen LogP contribution in [0.5, 0.6) is 0 Å². The Hall–Kier alpha value is -0.0800. The van der Waals surface area contributed by atoms with Gasteiger partial charge in [-0.15, -0.1) is 0 Å². The van der Waals surface area contributed by atoms with Gasteiger partial charge in [-0.1, -0.05) is 18.4 Å². The summed E-state index contributed by atoms with van der Waals surface area (Å²) in [4.78, 5) is 0. The molecule has 72 valence electrons. The van der Waals surface area contributed by atoms with Gasteiger partial charge < -0.3 is 5.21 Å². The van der Waals surface area contributed by atoms with Crippen molar-refractivity contribution in [2.45, 2.75) is 58.5 Å². The highest BCUT2D eigenvalue weighted by Crippen LogP contribution is 2.44. The molecule has 1 rings (SSSR count). The van der Waals surface area contributed by atoms with Crippen LogP contribution in [0, 0.1) is 5.92 Å². The lowest BCUT2D eigenvalue weighted by Gasteiger charge is -2.31. The minimum atomic E-state index is 0.0538. The van der Waals surface area contributed by atoms with Gasteiger partial charge in [-0.3, -0.25) is 0 Å². The molecule has 1 saturated heterocycles. The van der Waals surface area contributed by atoms with Crippen molar-refractivity contribution in [2.24, 2.45) is 5.92 Å². The van der Waals surface area contributed by atoms with Crippen molar-refractivity contribution in [1.82, 2.24) is 5.06 Å². The van der Waals surface area contributed by atoms with E-state index < -0.39 is 0 Å². The molecule has 1 unspecified atom stereocenters. The SMILES string of the molecule is CCC1CC(C)(C)N([OH2+])C1(C)C. The molecule has 1 aliphatic heterocycles. The van der Waals surface area contributed by atoms with Crippen molar-refractivity contribution in [2.75, 3.05) is 0 Å². The van der Waals surface area contributed by atoms with E-state index in [-0.39, 0.29) is 11.1 Å². The first-order chi connectivity index (χ1) is 5.32. The summed E-state index contributed by atoms with van der Waals surface area (Å²) in [6.07, 6.45) is 2.34. The molecule has 2 heteroatoms. The Balaban J connectivity index is 2.88. The summed E-state index contributed by atoms with van der Waals surface area (Å²) >= 11 is 0. The smallest absolute Gasteiger partial charge is 0.0863 e. The Morgan fingerprint density at radius 1 is 1.33 bits per heavy atom. The third kappa shape index (κ3) is 1.27. The quantitative estimate of drug-likeness (QED) is 0.555. The van der Waals surface area contributed by atoms with Gasteiger partial charge in [0.1, 0.15) is 0 Å². The van der Waals surface area contributed by atoms with E-state index in [4.69, 9.17) is 5.21 Å². The summed E-state index contributed by atoms with van der Waals surface area (Å²) in [7, 11) is 0. The van der Waals surface area contributed by atoms with Crippen molar-refractivity contribution < 1.29 is 5.21 Å². The van der Waals surface area contributed by atoms with Gasteiger partial charge >= 0.3 is 0 Å². The average molecular weight is 172 g/mol. The van der Waals surface area contributed by atoms with Gasteiger partial charge in [-0.05, 0) is 40.0 Å². The molecule has 1 atom stereocenters. The summed E-state index contributed by atoms with van der Waals surface area (Å²) in [5.41, 5.74) is 0.114. The molecule has 2 N–H and O–H groups in total. The molecule has 2 nitrogen and oxygen atoms in total. The first-order valence-corrected chi connectivity index (χ1v) is 4.84. The average Bonchev–Trinajstić information content (AvgIpc) is 2.11. The summed E-state index contributed by atoms with van der Waals surface area (Å²) in [5, 5.41) is 9.79. The zero-order valence-electron chi connectivity index (χ0n) is 8.94. The number of hydrogen-bond acceptors (Lipinski definition) is 1. The van der Waals surface area contributed by atoms with E-state index in [0.29, 0.717) is 5.92 Å². The molecule has 0 aliphatic carbocycles. The molecule has 0 aromatic carbocycles. The van der Waals surface area contributed by atoms with Gasteiger partial charge in [-0.2, -0.15) is 0 Å². The van der Waals surface area contributed by atoms with Gasteiger partial charge in [0.15, 0.2) is 0 Å². The van der Waals surface area contributed by atoms with Crippen molar-refractivity contribution in [3.05, 3.63) is 0 Å². The van der Waals surface area contributed by atoms with Gasteiger partial charge in [-0.25, -0.2) is 0 Å². The minimum Gasteiger partial charge on any atom is -0.338 e. The van der Waals surface area contributed by atoms with Crippen molar-refractivity contribution >= 4 is 0 Å². The van der Waals surface area contributed by atoms with Crippen LogP contribution >= 0.6 is 0 Å². The maximum atomic E-state index is 8.00. The molecule has 1 heterocycles. The van der Waals surface area contributed by atoms with Gasteiger partial charge in [0.25, 0.3) is 0 Å². The second-order valence-corrected chi connectivity index (χ2v) is 5.11. The molecular formula is C10H22NO+. The minimum absolute atomic E-state index is 0.0538. The monoisotopic (exact) mass is 172 g/mol. The second-order valence-electron chi connectivity index (χ2n) is 5.11. The molecule has 0 spiro atoms. The number of nitrogens with zero attached hydrogens (tertiary/aromatic N) is 1. The molecular weight excluding hydrogens is 150 g/mol. The first-order valence-electron chi connectivity index (χ1n) is 4.84. The van der Waals surface area contributed by atoms with E-state index in [1.165, 1.54) is 6.42 Å². The number of hydroxylamine groups is 2. The molecule has 1 aliphatic rings. The van der Waals surface area contributed by atoms with E-state index in [1.807, 2.05) is 0 Å². The molecule has 0 amide bonds. The molecule has 0 aromatic heterocycles. The molecule has 12 heavy (non-hydrogen) atoms. The highest BCUT2D eigenvalue weighted by Gasteiger charge is 2.53. The molecule has 0 bridgehead atoms. The summed E-state index contributed by atoms with van der Waals surface area (Å²) in [6.45, 7) is 10.9. The third-order valence-corrected chi connectivity index (χ3v) is 3.42. The summed E-state index contributed by atoms with van der Waals surface area (Å²) < 4.78 is 0. The Labute approximate surface area is 75.5 Å². The van der Waals surface area contributed by atoms with Crippen LogP contribution in [-0.4, -0.2) is 21.3 Å². The van der Waals surface area contributed by atoms with E-state index in [9.17, 15) is 0 Å². The van der Waals surface area contributed by atoms with Crippen LogP contribution < -0.4 is 0 Å². The van der Waals surface area contributed by atoms with Crippen LogP contribution in [0.2, 0.25) is 0 Å². The first kappa shape index (κ1) is 10.0. The topological polar surface area (TPSA) is 26.1 Å². The summed E-state index contributed by atoms with van der Waals surface area (Å²) in [6, 6.07) is 0. The highest BCUT2D eigenvalue weighted by molar-refractivity contribution is 5.01. The Bertz CT molecular complexity index is 175. The standard InChI is InChI=1S/C10H21NO/c1-6-8-7-9(2,3)11(12)10(8,4)5/h8,12H,6-7H2,1-5H3/p+1. The predicted molar refractivity (Wildman–Crippen MR) is 52.0 cm³/mol.